The number of nitrogens with zero attached hydrogens (tertiary/aromatic N) is 2. The normalized spacial score (nSPS) is 10.9. The van der Waals surface area contributed by atoms with E-state index in [1.165, 1.54) is 6.26 Å². The fourth-order valence-corrected chi connectivity index (χ4v) is 3.11. The molecule has 28 heavy (non-hydrogen) atoms. The standard InChI is InChI=1S/C21H25N3O4/c1-2-27-20(25)15-24-17-10-6-5-9-16(17)23-19(24)12-4-3-7-13-22-21(26)18-11-8-14-28-18/h5-6,8-11,14H,2-4,7,12-13,15H2,1H3,(H,22,26). The molecule has 2 aromatic heterocycles. The third-order valence-electron chi connectivity index (χ3n) is 4.43. The molecule has 2 heterocycles. The quantitative estimate of drug-likeness (QED) is 0.429. The highest BCUT2D eigenvalue weighted by Crippen LogP contribution is 2.18. The number of esters is 1. The molecule has 1 amide bonds. The van der Waals surface area contributed by atoms with Gasteiger partial charge in [-0.3, -0.25) is 9.59 Å². The molecule has 0 radical (unpaired) electrons. The van der Waals surface area contributed by atoms with Crippen LogP contribution in [0.1, 0.15) is 42.6 Å². The third-order valence-corrected chi connectivity index (χ3v) is 4.43. The van der Waals surface area contributed by atoms with Crippen LogP contribution >= 0.6 is 0 Å². The van der Waals surface area contributed by atoms with E-state index >= 15 is 0 Å². The smallest absolute Gasteiger partial charge is 0.326 e. The Labute approximate surface area is 163 Å². The van der Waals surface area contributed by atoms with Crippen LogP contribution in [0, 0.1) is 0 Å². The number of hydrogen-bond donors (Lipinski definition) is 1. The van der Waals surface area contributed by atoms with Gasteiger partial charge >= 0.3 is 5.97 Å². The highest BCUT2D eigenvalue weighted by Gasteiger charge is 2.14. The fraction of sp³-hybridized carbons (Fsp3) is 0.381. The molecule has 0 spiro atoms. The van der Waals surface area contributed by atoms with Crippen LogP contribution in [0.15, 0.2) is 47.1 Å². The molecule has 0 bridgehead atoms. The molecule has 148 valence electrons. The number of fused-ring (bicyclic) bond motifs is 1. The number of nitrogens with one attached hydrogen (secondary N) is 1. The Bertz CT molecular complexity index is 915. The van der Waals surface area contributed by atoms with Crippen molar-refractivity contribution in [2.45, 2.75) is 39.2 Å². The van der Waals surface area contributed by atoms with Crippen molar-refractivity contribution in [2.75, 3.05) is 13.2 Å². The van der Waals surface area contributed by atoms with Crippen molar-refractivity contribution in [1.82, 2.24) is 14.9 Å². The van der Waals surface area contributed by atoms with Gasteiger partial charge in [-0.1, -0.05) is 18.6 Å². The zero-order chi connectivity index (χ0) is 19.8. The summed E-state index contributed by atoms with van der Waals surface area (Å²) < 4.78 is 12.1. The Kier molecular flexibility index (Phi) is 6.84. The fourth-order valence-electron chi connectivity index (χ4n) is 3.11. The number of carbonyl (C=O) groups is 2. The molecular formula is C21H25N3O4. The summed E-state index contributed by atoms with van der Waals surface area (Å²) in [6, 6.07) is 11.1. The van der Waals surface area contributed by atoms with Gasteiger partial charge in [-0.25, -0.2) is 4.98 Å². The van der Waals surface area contributed by atoms with E-state index in [2.05, 4.69) is 10.3 Å². The Hall–Kier alpha value is -3.09. The monoisotopic (exact) mass is 383 g/mol. The number of ether oxygens (including phenoxy) is 1. The van der Waals surface area contributed by atoms with E-state index in [-0.39, 0.29) is 18.4 Å². The van der Waals surface area contributed by atoms with Gasteiger partial charge in [-0.15, -0.1) is 0 Å². The maximum Gasteiger partial charge on any atom is 0.326 e. The summed E-state index contributed by atoms with van der Waals surface area (Å²) >= 11 is 0. The van der Waals surface area contributed by atoms with Gasteiger partial charge in [0, 0.05) is 13.0 Å². The second kappa shape index (κ2) is 9.73. The average Bonchev–Trinajstić information content (AvgIpc) is 3.34. The van der Waals surface area contributed by atoms with Crippen molar-refractivity contribution in [3.05, 3.63) is 54.2 Å². The lowest BCUT2D eigenvalue weighted by atomic mass is 10.2. The zero-order valence-corrected chi connectivity index (χ0v) is 16.0. The molecular weight excluding hydrogens is 358 g/mol. The molecule has 3 aromatic rings. The second-order valence-electron chi connectivity index (χ2n) is 6.45. The summed E-state index contributed by atoms with van der Waals surface area (Å²) in [6.45, 7) is 2.93. The van der Waals surface area contributed by atoms with E-state index in [0.717, 1.165) is 42.5 Å². The minimum absolute atomic E-state index is 0.170. The highest BCUT2D eigenvalue weighted by atomic mass is 16.5. The number of carbonyl (C=O) groups excluding carboxylic acids is 2. The van der Waals surface area contributed by atoms with Crippen molar-refractivity contribution >= 4 is 22.9 Å². The van der Waals surface area contributed by atoms with Crippen molar-refractivity contribution in [3.8, 4) is 0 Å². The van der Waals surface area contributed by atoms with Gasteiger partial charge in [-0.2, -0.15) is 0 Å². The van der Waals surface area contributed by atoms with Crippen molar-refractivity contribution in [3.63, 3.8) is 0 Å². The topological polar surface area (TPSA) is 86.4 Å². The summed E-state index contributed by atoms with van der Waals surface area (Å²) in [5.41, 5.74) is 1.82. The van der Waals surface area contributed by atoms with E-state index in [9.17, 15) is 9.59 Å². The molecule has 0 unspecified atom stereocenters. The van der Waals surface area contributed by atoms with Crippen LogP contribution in [-0.2, 0) is 22.5 Å². The average molecular weight is 383 g/mol. The molecule has 0 aliphatic heterocycles. The molecule has 0 saturated heterocycles. The van der Waals surface area contributed by atoms with Crippen molar-refractivity contribution in [1.29, 1.82) is 0 Å². The van der Waals surface area contributed by atoms with Crippen LogP contribution in [0.2, 0.25) is 0 Å². The zero-order valence-electron chi connectivity index (χ0n) is 16.0. The molecule has 1 aromatic carbocycles. The van der Waals surface area contributed by atoms with Crippen LogP contribution in [0.3, 0.4) is 0 Å². The SMILES string of the molecule is CCOC(=O)Cn1c(CCCCCNC(=O)c2ccco2)nc2ccccc21. The summed E-state index contributed by atoms with van der Waals surface area (Å²) in [4.78, 5) is 28.4. The first-order chi connectivity index (χ1) is 13.7. The van der Waals surface area contributed by atoms with E-state index in [1.54, 1.807) is 19.1 Å². The lowest BCUT2D eigenvalue weighted by molar-refractivity contribution is -0.143. The van der Waals surface area contributed by atoms with Crippen LogP contribution in [-0.4, -0.2) is 34.6 Å². The number of hydrogen-bond acceptors (Lipinski definition) is 5. The number of para-hydroxylation sites is 2. The highest BCUT2D eigenvalue weighted by molar-refractivity contribution is 5.91. The summed E-state index contributed by atoms with van der Waals surface area (Å²) in [5, 5.41) is 2.84. The van der Waals surface area contributed by atoms with Gasteiger partial charge in [0.1, 0.15) is 12.4 Å². The van der Waals surface area contributed by atoms with E-state index in [1.807, 2.05) is 28.8 Å². The summed E-state index contributed by atoms with van der Waals surface area (Å²) in [7, 11) is 0. The number of aryl methyl sites for hydroxylation is 1. The van der Waals surface area contributed by atoms with Gasteiger partial charge in [0.05, 0.1) is 23.9 Å². The Morgan fingerprint density at radius 3 is 2.79 bits per heavy atom. The minimum atomic E-state index is -0.257. The lowest BCUT2D eigenvalue weighted by Crippen LogP contribution is -2.23. The molecule has 7 nitrogen and oxygen atoms in total. The number of aromatic nitrogens is 2. The second-order valence-corrected chi connectivity index (χ2v) is 6.45. The largest absolute Gasteiger partial charge is 0.465 e. The van der Waals surface area contributed by atoms with Crippen molar-refractivity contribution in [2.24, 2.45) is 0 Å². The van der Waals surface area contributed by atoms with E-state index < -0.39 is 0 Å². The maximum atomic E-state index is 12.0. The molecule has 3 rings (SSSR count). The number of unbranched alkanes of at least 4 members (excludes halogenated alkanes) is 2. The Morgan fingerprint density at radius 1 is 1.14 bits per heavy atom. The summed E-state index contributed by atoms with van der Waals surface area (Å²) in [5.74, 6) is 0.760. The molecule has 0 aliphatic carbocycles. The van der Waals surface area contributed by atoms with Crippen molar-refractivity contribution < 1.29 is 18.7 Å². The first-order valence-electron chi connectivity index (χ1n) is 9.60. The molecule has 0 aliphatic rings. The molecule has 0 atom stereocenters. The molecule has 7 heteroatoms. The summed E-state index contributed by atoms with van der Waals surface area (Å²) in [6.07, 6.45) is 4.98. The third kappa shape index (κ3) is 5.00. The number of rotatable bonds is 10. The Balaban J connectivity index is 1.51. The predicted octanol–water partition coefficient (Wildman–Crippen LogP) is 3.34. The molecule has 0 fully saturated rings. The number of amides is 1. The van der Waals surface area contributed by atoms with Gasteiger partial charge in [0.2, 0.25) is 0 Å². The van der Waals surface area contributed by atoms with Crippen LogP contribution in [0.5, 0.6) is 0 Å². The number of imidazole rings is 1. The lowest BCUT2D eigenvalue weighted by Gasteiger charge is -2.09. The van der Waals surface area contributed by atoms with E-state index in [0.29, 0.717) is 18.9 Å². The molecule has 0 saturated carbocycles. The predicted molar refractivity (Wildman–Crippen MR) is 105 cm³/mol. The first kappa shape index (κ1) is 19.7. The first-order valence-corrected chi connectivity index (χ1v) is 9.60. The number of furan rings is 1. The minimum Gasteiger partial charge on any atom is -0.465 e. The van der Waals surface area contributed by atoms with Crippen LogP contribution < -0.4 is 5.32 Å². The molecule has 1 N–H and O–H groups in total. The maximum absolute atomic E-state index is 12.0. The van der Waals surface area contributed by atoms with Gasteiger partial charge in [0.15, 0.2) is 5.76 Å². The van der Waals surface area contributed by atoms with Gasteiger partial charge < -0.3 is 19.0 Å². The van der Waals surface area contributed by atoms with E-state index in [4.69, 9.17) is 9.15 Å². The number of benzene rings is 1. The Morgan fingerprint density at radius 2 is 2.00 bits per heavy atom. The van der Waals surface area contributed by atoms with Gasteiger partial charge in [0.25, 0.3) is 5.91 Å². The van der Waals surface area contributed by atoms with Crippen LogP contribution in [0.25, 0.3) is 11.0 Å². The van der Waals surface area contributed by atoms with Gasteiger partial charge in [-0.05, 0) is 44.0 Å². The van der Waals surface area contributed by atoms with Crippen LogP contribution in [0.4, 0.5) is 0 Å².